The van der Waals surface area contributed by atoms with Crippen molar-refractivity contribution >= 4 is 17.5 Å². The molecule has 23 heavy (non-hydrogen) atoms. The fourth-order valence-corrected chi connectivity index (χ4v) is 3.98. The first kappa shape index (κ1) is 14.1. The molecule has 6 heteroatoms. The topological polar surface area (TPSA) is 90.6 Å². The molecule has 0 saturated carbocycles. The first-order valence-corrected chi connectivity index (χ1v) is 7.35. The monoisotopic (exact) mass is 310 g/mol. The van der Waals surface area contributed by atoms with E-state index in [0.717, 1.165) is 4.90 Å². The van der Waals surface area contributed by atoms with E-state index in [-0.39, 0.29) is 18.4 Å². The summed E-state index contributed by atoms with van der Waals surface area (Å²) in [6.07, 6.45) is 3.46. The van der Waals surface area contributed by atoms with Gasteiger partial charge in [-0.15, -0.1) is 0 Å². The summed E-state index contributed by atoms with van der Waals surface area (Å²) in [5.74, 6) is -2.05. The Kier molecular flexibility index (Phi) is 2.63. The number of hydrogen-bond acceptors (Lipinski definition) is 5. The molecule has 0 aromatic heterocycles. The summed E-state index contributed by atoms with van der Waals surface area (Å²) < 4.78 is 5.85. The molecule has 0 unspecified atom stereocenters. The summed E-state index contributed by atoms with van der Waals surface area (Å²) in [7, 11) is 0. The molecule has 3 heterocycles. The Morgan fingerprint density at radius 2 is 1.87 bits per heavy atom. The van der Waals surface area contributed by atoms with Crippen molar-refractivity contribution in [3.63, 3.8) is 0 Å². The number of ether oxygens (including phenoxy) is 1. The first-order valence-electron chi connectivity index (χ1n) is 7.35. The number of amides is 2. The molecule has 6 nitrogen and oxygen atoms in total. The molecule has 4 rings (SSSR count). The van der Waals surface area contributed by atoms with Crippen LogP contribution in [0.3, 0.4) is 0 Å². The predicted octanol–water partition coefficient (Wildman–Crippen LogP) is 0.754. The number of aliphatic hydroxyl groups excluding tert-OH is 1. The predicted molar refractivity (Wildman–Crippen MR) is 79.1 cm³/mol. The van der Waals surface area contributed by atoms with Crippen LogP contribution in [-0.2, 0) is 14.3 Å². The molecule has 1 aromatic rings. The van der Waals surface area contributed by atoms with Gasteiger partial charge >= 0.3 is 0 Å². The summed E-state index contributed by atoms with van der Waals surface area (Å²) in [6, 6.07) is 8.30. The molecule has 0 radical (unpaired) electrons. The lowest BCUT2D eigenvalue weighted by molar-refractivity contribution is -0.131. The second-order valence-electron chi connectivity index (χ2n) is 6.36. The maximum absolute atomic E-state index is 12.9. The molecule has 0 spiro atoms. The van der Waals surface area contributed by atoms with Crippen molar-refractivity contribution in [2.75, 3.05) is 11.5 Å². The largest absolute Gasteiger partial charge is 0.393 e. The number of fused-ring (bicyclic) bond motifs is 5. The maximum Gasteiger partial charge on any atom is 0.241 e. The van der Waals surface area contributed by atoms with Crippen LogP contribution >= 0.6 is 0 Å². The van der Waals surface area contributed by atoms with Gasteiger partial charge in [-0.3, -0.25) is 9.59 Å². The van der Waals surface area contributed by atoms with Crippen LogP contribution in [0.5, 0.6) is 0 Å². The number of hydrogen-bond donors (Lipinski definition) is 1. The van der Waals surface area contributed by atoms with E-state index in [1.807, 2.05) is 6.07 Å². The summed E-state index contributed by atoms with van der Waals surface area (Å²) in [5.41, 5.74) is -1.10. The molecule has 2 amide bonds. The third-order valence-corrected chi connectivity index (χ3v) is 5.06. The average Bonchev–Trinajstić information content (AvgIpc) is 3.14. The minimum absolute atomic E-state index is 0.327. The van der Waals surface area contributed by atoms with Gasteiger partial charge in [-0.05, 0) is 31.2 Å². The number of imide groups is 1. The van der Waals surface area contributed by atoms with Crippen molar-refractivity contribution in [2.45, 2.75) is 18.1 Å². The van der Waals surface area contributed by atoms with Crippen LogP contribution in [0.1, 0.15) is 12.5 Å². The highest BCUT2D eigenvalue weighted by molar-refractivity contribution is 6.23. The first-order chi connectivity index (χ1) is 11.0. The Morgan fingerprint density at radius 1 is 1.22 bits per heavy atom. The lowest BCUT2D eigenvalue weighted by Crippen LogP contribution is -2.43. The van der Waals surface area contributed by atoms with Gasteiger partial charge in [0.2, 0.25) is 11.8 Å². The second kappa shape index (κ2) is 4.28. The molecule has 2 saturated heterocycles. The van der Waals surface area contributed by atoms with Crippen molar-refractivity contribution in [1.82, 2.24) is 0 Å². The Labute approximate surface area is 132 Å². The van der Waals surface area contributed by atoms with Crippen LogP contribution in [0, 0.1) is 23.2 Å². The van der Waals surface area contributed by atoms with Crippen LogP contribution in [0.4, 0.5) is 5.69 Å². The number of carbonyl (C=O) groups is 2. The van der Waals surface area contributed by atoms with Crippen LogP contribution in [-0.4, -0.2) is 34.7 Å². The molecule has 1 N–H and O–H groups in total. The van der Waals surface area contributed by atoms with Crippen LogP contribution in [0.2, 0.25) is 0 Å². The average molecular weight is 310 g/mol. The van der Waals surface area contributed by atoms with Gasteiger partial charge in [0.05, 0.1) is 41.4 Å². The van der Waals surface area contributed by atoms with Crippen molar-refractivity contribution in [1.29, 1.82) is 5.26 Å². The molecule has 2 fully saturated rings. The number of nitrogens with zero attached hydrogens (tertiary/aromatic N) is 2. The molecule has 1 aromatic carbocycles. The molecular formula is C17H14N2O4. The molecule has 116 valence electrons. The zero-order valence-electron chi connectivity index (χ0n) is 12.4. The SMILES string of the molecule is C[C@]12C=C[C@@](CO)(O1)[C@H]1C(=O)N(c3ccc(C#N)cc3)C(=O)[C@@H]12. The zero-order valence-corrected chi connectivity index (χ0v) is 12.4. The van der Waals surface area contributed by atoms with Crippen LogP contribution < -0.4 is 4.90 Å². The summed E-state index contributed by atoms with van der Waals surface area (Å²) in [6.45, 7) is 1.42. The maximum atomic E-state index is 12.9. The van der Waals surface area contributed by atoms with Gasteiger partial charge in [-0.1, -0.05) is 12.2 Å². The fraction of sp³-hybridized carbons (Fsp3) is 0.353. The normalized spacial score (nSPS) is 37.3. The van der Waals surface area contributed by atoms with Gasteiger partial charge in [-0.2, -0.15) is 5.26 Å². The van der Waals surface area contributed by atoms with E-state index in [1.54, 1.807) is 43.3 Å². The highest BCUT2D eigenvalue weighted by Gasteiger charge is 2.72. The van der Waals surface area contributed by atoms with E-state index in [9.17, 15) is 14.7 Å². The van der Waals surface area contributed by atoms with Crippen molar-refractivity contribution < 1.29 is 19.4 Å². The Bertz CT molecular complexity index is 794. The van der Waals surface area contributed by atoms with Gasteiger partial charge in [0, 0.05) is 0 Å². The third-order valence-electron chi connectivity index (χ3n) is 5.06. The summed E-state index contributed by atoms with van der Waals surface area (Å²) >= 11 is 0. The minimum atomic E-state index is -1.12. The quantitative estimate of drug-likeness (QED) is 0.643. The fourth-order valence-electron chi connectivity index (χ4n) is 3.98. The number of aliphatic hydroxyl groups is 1. The number of rotatable bonds is 2. The van der Waals surface area contributed by atoms with E-state index < -0.39 is 23.0 Å². The van der Waals surface area contributed by atoms with Crippen LogP contribution in [0.15, 0.2) is 36.4 Å². The van der Waals surface area contributed by atoms with Crippen molar-refractivity contribution in [2.24, 2.45) is 11.8 Å². The van der Waals surface area contributed by atoms with Gasteiger partial charge < -0.3 is 9.84 Å². The molecule has 3 aliphatic rings. The molecule has 0 aliphatic carbocycles. The molecule has 2 bridgehead atoms. The van der Waals surface area contributed by atoms with Crippen molar-refractivity contribution in [3.8, 4) is 6.07 Å². The van der Waals surface area contributed by atoms with Crippen molar-refractivity contribution in [3.05, 3.63) is 42.0 Å². The Hall–Kier alpha value is -2.49. The highest BCUT2D eigenvalue weighted by Crippen LogP contribution is 2.57. The summed E-state index contributed by atoms with van der Waals surface area (Å²) in [5, 5.41) is 18.6. The Morgan fingerprint density at radius 3 is 2.48 bits per heavy atom. The molecular weight excluding hydrogens is 296 g/mol. The lowest BCUT2D eigenvalue weighted by atomic mass is 9.73. The Balaban J connectivity index is 1.78. The van der Waals surface area contributed by atoms with E-state index in [0.29, 0.717) is 11.3 Å². The third kappa shape index (κ3) is 1.58. The zero-order chi connectivity index (χ0) is 16.4. The number of nitriles is 1. The van der Waals surface area contributed by atoms with Gasteiger partial charge in [0.1, 0.15) is 5.60 Å². The standard InChI is InChI=1S/C17H14N2O4/c1-16-6-7-17(9-20,23-16)13-12(16)14(21)19(15(13)22)11-4-2-10(8-18)3-5-11/h2-7,12-13,20H,9H2,1H3/t12-,13-,16-,17+/m1/s1. The van der Waals surface area contributed by atoms with E-state index in [4.69, 9.17) is 10.00 Å². The molecule has 4 atom stereocenters. The van der Waals surface area contributed by atoms with E-state index in [2.05, 4.69) is 0 Å². The molecule has 3 aliphatic heterocycles. The van der Waals surface area contributed by atoms with Gasteiger partial charge in [-0.25, -0.2) is 4.90 Å². The number of anilines is 1. The summed E-state index contributed by atoms with van der Waals surface area (Å²) in [4.78, 5) is 26.9. The lowest BCUT2D eigenvalue weighted by Gasteiger charge is -2.26. The van der Waals surface area contributed by atoms with Gasteiger partial charge in [0.15, 0.2) is 0 Å². The van der Waals surface area contributed by atoms with E-state index in [1.165, 1.54) is 0 Å². The van der Waals surface area contributed by atoms with Gasteiger partial charge in [0.25, 0.3) is 0 Å². The van der Waals surface area contributed by atoms with E-state index >= 15 is 0 Å². The highest BCUT2D eigenvalue weighted by atomic mass is 16.5. The second-order valence-corrected chi connectivity index (χ2v) is 6.36. The number of benzene rings is 1. The number of carbonyl (C=O) groups excluding carboxylic acids is 2. The van der Waals surface area contributed by atoms with Crippen LogP contribution in [0.25, 0.3) is 0 Å². The minimum Gasteiger partial charge on any atom is -0.393 e. The smallest absolute Gasteiger partial charge is 0.241 e.